The Labute approximate surface area is 112 Å². The first-order valence-corrected chi connectivity index (χ1v) is 7.18. The van der Waals surface area contributed by atoms with Crippen LogP contribution >= 0.6 is 0 Å². The summed E-state index contributed by atoms with van der Waals surface area (Å²) in [7, 11) is 0. The SMILES string of the molecule is CCCN(CCC)CCCOc1ccc(C)cc1. The van der Waals surface area contributed by atoms with E-state index in [1.54, 1.807) is 0 Å². The van der Waals surface area contributed by atoms with Crippen molar-refractivity contribution in [3.05, 3.63) is 29.8 Å². The molecule has 2 heteroatoms. The Kier molecular flexibility index (Phi) is 7.51. The highest BCUT2D eigenvalue weighted by Gasteiger charge is 2.02. The molecule has 0 saturated carbocycles. The third kappa shape index (κ3) is 6.06. The first-order chi connectivity index (χ1) is 8.76. The Hall–Kier alpha value is -1.02. The van der Waals surface area contributed by atoms with Crippen molar-refractivity contribution < 1.29 is 4.74 Å². The van der Waals surface area contributed by atoms with Crippen LogP contribution in [0, 0.1) is 6.92 Å². The number of hydrogen-bond acceptors (Lipinski definition) is 2. The second-order valence-electron chi connectivity index (χ2n) is 4.86. The molecule has 0 aliphatic heterocycles. The van der Waals surface area contributed by atoms with E-state index in [-0.39, 0.29) is 0 Å². The lowest BCUT2D eigenvalue weighted by atomic mass is 10.2. The van der Waals surface area contributed by atoms with Crippen molar-refractivity contribution in [2.24, 2.45) is 0 Å². The summed E-state index contributed by atoms with van der Waals surface area (Å²) in [5.41, 5.74) is 1.28. The summed E-state index contributed by atoms with van der Waals surface area (Å²) in [4.78, 5) is 2.53. The minimum absolute atomic E-state index is 0.812. The van der Waals surface area contributed by atoms with Gasteiger partial charge in [0.1, 0.15) is 5.75 Å². The predicted octanol–water partition coefficient (Wildman–Crippen LogP) is 3.89. The van der Waals surface area contributed by atoms with Crippen molar-refractivity contribution in [1.82, 2.24) is 4.90 Å². The monoisotopic (exact) mass is 249 g/mol. The smallest absolute Gasteiger partial charge is 0.119 e. The third-order valence-corrected chi connectivity index (χ3v) is 2.99. The van der Waals surface area contributed by atoms with Crippen LogP contribution in [0.1, 0.15) is 38.7 Å². The van der Waals surface area contributed by atoms with Gasteiger partial charge < -0.3 is 9.64 Å². The highest BCUT2D eigenvalue weighted by Crippen LogP contribution is 2.11. The highest BCUT2D eigenvalue weighted by atomic mass is 16.5. The molecule has 0 bridgehead atoms. The minimum Gasteiger partial charge on any atom is -0.494 e. The molecule has 0 heterocycles. The molecule has 0 spiro atoms. The van der Waals surface area contributed by atoms with Crippen LogP contribution < -0.4 is 4.74 Å². The minimum atomic E-state index is 0.812. The highest BCUT2D eigenvalue weighted by molar-refractivity contribution is 5.26. The van der Waals surface area contributed by atoms with Crippen LogP contribution in [0.15, 0.2) is 24.3 Å². The quantitative estimate of drug-likeness (QED) is 0.616. The van der Waals surface area contributed by atoms with E-state index in [1.165, 1.54) is 31.5 Å². The Bertz CT molecular complexity index is 301. The molecule has 0 N–H and O–H groups in total. The predicted molar refractivity (Wildman–Crippen MR) is 78.3 cm³/mol. The average Bonchev–Trinajstić information content (AvgIpc) is 2.37. The second-order valence-corrected chi connectivity index (χ2v) is 4.86. The van der Waals surface area contributed by atoms with E-state index in [2.05, 4.69) is 37.8 Å². The van der Waals surface area contributed by atoms with Gasteiger partial charge in [-0.3, -0.25) is 0 Å². The molecule has 18 heavy (non-hydrogen) atoms. The summed E-state index contributed by atoms with van der Waals surface area (Å²) in [5.74, 6) is 0.984. The van der Waals surface area contributed by atoms with Crippen molar-refractivity contribution in [3.63, 3.8) is 0 Å². The number of ether oxygens (including phenoxy) is 1. The number of benzene rings is 1. The van der Waals surface area contributed by atoms with Gasteiger partial charge in [0.2, 0.25) is 0 Å². The fraction of sp³-hybridized carbons (Fsp3) is 0.625. The summed E-state index contributed by atoms with van der Waals surface area (Å²) < 4.78 is 5.74. The van der Waals surface area contributed by atoms with Gasteiger partial charge in [0.15, 0.2) is 0 Å². The van der Waals surface area contributed by atoms with Crippen LogP contribution in [0.2, 0.25) is 0 Å². The van der Waals surface area contributed by atoms with Crippen molar-refractivity contribution in [2.75, 3.05) is 26.2 Å². The van der Waals surface area contributed by atoms with Gasteiger partial charge in [-0.05, 0) is 51.4 Å². The largest absolute Gasteiger partial charge is 0.494 e. The van der Waals surface area contributed by atoms with Gasteiger partial charge >= 0.3 is 0 Å². The molecule has 0 radical (unpaired) electrons. The fourth-order valence-corrected chi connectivity index (χ4v) is 2.08. The topological polar surface area (TPSA) is 12.5 Å². The zero-order valence-corrected chi connectivity index (χ0v) is 12.1. The van der Waals surface area contributed by atoms with Crippen LogP contribution in [0.3, 0.4) is 0 Å². The van der Waals surface area contributed by atoms with Crippen molar-refractivity contribution in [3.8, 4) is 5.75 Å². The molecular weight excluding hydrogens is 222 g/mol. The van der Waals surface area contributed by atoms with Gasteiger partial charge in [0.05, 0.1) is 6.61 Å². The first kappa shape index (κ1) is 15.0. The molecule has 0 aliphatic carbocycles. The maximum atomic E-state index is 5.74. The maximum absolute atomic E-state index is 5.74. The summed E-state index contributed by atoms with van der Waals surface area (Å²) in [6.45, 7) is 10.9. The van der Waals surface area contributed by atoms with Gasteiger partial charge in [-0.25, -0.2) is 0 Å². The van der Waals surface area contributed by atoms with Gasteiger partial charge in [-0.1, -0.05) is 31.5 Å². The van der Waals surface area contributed by atoms with Gasteiger partial charge in [0, 0.05) is 6.54 Å². The van der Waals surface area contributed by atoms with Crippen LogP contribution in [-0.4, -0.2) is 31.1 Å². The van der Waals surface area contributed by atoms with Gasteiger partial charge in [-0.15, -0.1) is 0 Å². The molecule has 1 aromatic carbocycles. The number of hydrogen-bond donors (Lipinski definition) is 0. The molecule has 0 unspecified atom stereocenters. The molecule has 2 nitrogen and oxygen atoms in total. The molecule has 0 atom stereocenters. The first-order valence-electron chi connectivity index (χ1n) is 7.18. The Morgan fingerprint density at radius 1 is 0.944 bits per heavy atom. The lowest BCUT2D eigenvalue weighted by molar-refractivity contribution is 0.234. The van der Waals surface area contributed by atoms with E-state index in [4.69, 9.17) is 4.74 Å². The van der Waals surface area contributed by atoms with Crippen LogP contribution in [0.5, 0.6) is 5.75 Å². The standard InChI is InChI=1S/C16H27NO/c1-4-11-17(12-5-2)13-6-14-18-16-9-7-15(3)8-10-16/h7-10H,4-6,11-14H2,1-3H3. The van der Waals surface area contributed by atoms with Crippen LogP contribution in [-0.2, 0) is 0 Å². The van der Waals surface area contributed by atoms with Crippen molar-refractivity contribution >= 4 is 0 Å². The van der Waals surface area contributed by atoms with Crippen molar-refractivity contribution in [2.45, 2.75) is 40.0 Å². The molecule has 1 rings (SSSR count). The second kappa shape index (κ2) is 8.98. The number of rotatable bonds is 9. The molecule has 0 saturated heterocycles. The summed E-state index contributed by atoms with van der Waals surface area (Å²) in [6, 6.07) is 8.28. The molecule has 0 fully saturated rings. The lowest BCUT2D eigenvalue weighted by Crippen LogP contribution is -2.27. The number of aryl methyl sites for hydroxylation is 1. The molecular formula is C16H27NO. The molecule has 0 aromatic heterocycles. The van der Waals surface area contributed by atoms with E-state index < -0.39 is 0 Å². The number of nitrogens with zero attached hydrogens (tertiary/aromatic N) is 1. The molecule has 0 aliphatic rings. The average molecular weight is 249 g/mol. The van der Waals surface area contributed by atoms with E-state index in [0.717, 1.165) is 25.3 Å². The Morgan fingerprint density at radius 2 is 1.56 bits per heavy atom. The summed E-state index contributed by atoms with van der Waals surface area (Å²) in [5, 5.41) is 0. The maximum Gasteiger partial charge on any atom is 0.119 e. The lowest BCUT2D eigenvalue weighted by Gasteiger charge is -2.20. The van der Waals surface area contributed by atoms with Gasteiger partial charge in [-0.2, -0.15) is 0 Å². The summed E-state index contributed by atoms with van der Waals surface area (Å²) in [6.07, 6.45) is 3.57. The molecule has 0 amide bonds. The molecule has 102 valence electrons. The third-order valence-electron chi connectivity index (χ3n) is 2.99. The van der Waals surface area contributed by atoms with Crippen LogP contribution in [0.4, 0.5) is 0 Å². The van der Waals surface area contributed by atoms with Gasteiger partial charge in [0.25, 0.3) is 0 Å². The zero-order chi connectivity index (χ0) is 13.2. The van der Waals surface area contributed by atoms with Crippen LogP contribution in [0.25, 0.3) is 0 Å². The van der Waals surface area contributed by atoms with Crippen molar-refractivity contribution in [1.29, 1.82) is 0 Å². The molecule has 1 aromatic rings. The fourth-order valence-electron chi connectivity index (χ4n) is 2.08. The normalized spacial score (nSPS) is 10.9. The Balaban J connectivity index is 2.18. The van der Waals surface area contributed by atoms with E-state index in [0.29, 0.717) is 0 Å². The van der Waals surface area contributed by atoms with E-state index >= 15 is 0 Å². The zero-order valence-electron chi connectivity index (χ0n) is 12.1. The van der Waals surface area contributed by atoms with E-state index in [9.17, 15) is 0 Å². The van der Waals surface area contributed by atoms with E-state index in [1.807, 2.05) is 12.1 Å². The summed E-state index contributed by atoms with van der Waals surface area (Å²) >= 11 is 0. The Morgan fingerprint density at radius 3 is 2.11 bits per heavy atom.